The molecule has 0 unspecified atom stereocenters. The lowest BCUT2D eigenvalue weighted by Crippen LogP contribution is -2.01. The van der Waals surface area contributed by atoms with E-state index in [2.05, 4.69) is 4.98 Å². The van der Waals surface area contributed by atoms with Crippen LogP contribution in [0.1, 0.15) is 22.8 Å². The summed E-state index contributed by atoms with van der Waals surface area (Å²) in [5, 5.41) is 10.4. The van der Waals surface area contributed by atoms with Crippen molar-refractivity contribution in [3.05, 3.63) is 95.8 Å². The van der Waals surface area contributed by atoms with Crippen molar-refractivity contribution >= 4 is 0 Å². The van der Waals surface area contributed by atoms with Crippen molar-refractivity contribution in [1.82, 2.24) is 4.98 Å². The molecule has 0 saturated carbocycles. The molecule has 0 bridgehead atoms. The summed E-state index contributed by atoms with van der Waals surface area (Å²) in [6.07, 6.45) is 2.66. The number of pyridine rings is 1. The lowest BCUT2D eigenvalue weighted by atomic mass is 10.0. The molecule has 110 valence electrons. The van der Waals surface area contributed by atoms with Gasteiger partial charge < -0.3 is 9.84 Å². The van der Waals surface area contributed by atoms with Crippen LogP contribution in [0.3, 0.4) is 0 Å². The Morgan fingerprint density at radius 2 is 1.73 bits per heavy atom. The summed E-state index contributed by atoms with van der Waals surface area (Å²) in [6, 6.07) is 21.2. The molecule has 1 aromatic heterocycles. The van der Waals surface area contributed by atoms with Crippen LogP contribution in [0.2, 0.25) is 0 Å². The second kappa shape index (κ2) is 6.87. The zero-order valence-corrected chi connectivity index (χ0v) is 12.1. The van der Waals surface area contributed by atoms with Crippen molar-refractivity contribution in [2.75, 3.05) is 0 Å². The molecule has 0 radical (unpaired) electrons. The van der Waals surface area contributed by atoms with Crippen LogP contribution in [0.5, 0.6) is 5.75 Å². The average Bonchev–Trinajstić information content (AvgIpc) is 2.61. The third-order valence-electron chi connectivity index (χ3n) is 3.42. The van der Waals surface area contributed by atoms with Crippen LogP contribution >= 0.6 is 0 Å². The van der Waals surface area contributed by atoms with Crippen molar-refractivity contribution in [1.29, 1.82) is 0 Å². The number of nitrogens with zero attached hydrogens (tertiary/aromatic N) is 1. The van der Waals surface area contributed by atoms with Crippen LogP contribution in [0.4, 0.5) is 0 Å². The standard InChI is InChI=1S/C19H17NO2/c21-19(17-9-5-11-20-13-17)16-8-4-10-18(12-16)22-14-15-6-2-1-3-7-15/h1-13,19,21H,14H2/t19-/m1/s1. The number of benzene rings is 2. The minimum Gasteiger partial charge on any atom is -0.489 e. The van der Waals surface area contributed by atoms with Gasteiger partial charge in [0.15, 0.2) is 0 Å². The maximum Gasteiger partial charge on any atom is 0.120 e. The molecule has 3 heteroatoms. The fraction of sp³-hybridized carbons (Fsp3) is 0.105. The first-order valence-electron chi connectivity index (χ1n) is 7.17. The van der Waals surface area contributed by atoms with Gasteiger partial charge in [-0.2, -0.15) is 0 Å². The van der Waals surface area contributed by atoms with E-state index in [1.807, 2.05) is 66.7 Å². The highest BCUT2D eigenvalue weighted by Crippen LogP contribution is 2.24. The molecule has 0 saturated heterocycles. The summed E-state index contributed by atoms with van der Waals surface area (Å²) in [4.78, 5) is 4.04. The van der Waals surface area contributed by atoms with E-state index in [0.29, 0.717) is 6.61 Å². The van der Waals surface area contributed by atoms with Gasteiger partial charge in [-0.15, -0.1) is 0 Å². The summed E-state index contributed by atoms with van der Waals surface area (Å²) in [5.41, 5.74) is 2.67. The number of aliphatic hydroxyl groups is 1. The number of hydrogen-bond acceptors (Lipinski definition) is 3. The smallest absolute Gasteiger partial charge is 0.120 e. The third-order valence-corrected chi connectivity index (χ3v) is 3.42. The molecular formula is C19H17NO2. The van der Waals surface area contributed by atoms with Gasteiger partial charge in [-0.05, 0) is 29.3 Å². The Kier molecular flexibility index (Phi) is 4.47. The van der Waals surface area contributed by atoms with E-state index < -0.39 is 6.10 Å². The van der Waals surface area contributed by atoms with E-state index in [-0.39, 0.29) is 0 Å². The van der Waals surface area contributed by atoms with E-state index in [1.165, 1.54) is 0 Å². The van der Waals surface area contributed by atoms with E-state index >= 15 is 0 Å². The zero-order chi connectivity index (χ0) is 15.2. The maximum atomic E-state index is 10.4. The quantitative estimate of drug-likeness (QED) is 0.778. The van der Waals surface area contributed by atoms with E-state index in [0.717, 1.165) is 22.4 Å². The predicted octanol–water partition coefficient (Wildman–Crippen LogP) is 3.74. The first-order valence-corrected chi connectivity index (χ1v) is 7.17. The highest BCUT2D eigenvalue weighted by molar-refractivity contribution is 5.34. The Balaban J connectivity index is 1.72. The highest BCUT2D eigenvalue weighted by Gasteiger charge is 2.11. The average molecular weight is 291 g/mol. The lowest BCUT2D eigenvalue weighted by Gasteiger charge is -2.13. The molecule has 3 rings (SSSR count). The molecule has 3 nitrogen and oxygen atoms in total. The van der Waals surface area contributed by atoms with Gasteiger partial charge in [0.2, 0.25) is 0 Å². The number of hydrogen-bond donors (Lipinski definition) is 1. The number of rotatable bonds is 5. The summed E-state index contributed by atoms with van der Waals surface area (Å²) >= 11 is 0. The molecule has 2 aromatic carbocycles. The molecule has 1 atom stereocenters. The van der Waals surface area contributed by atoms with Crippen LogP contribution < -0.4 is 4.74 Å². The summed E-state index contributed by atoms with van der Waals surface area (Å²) in [7, 11) is 0. The Hall–Kier alpha value is -2.65. The summed E-state index contributed by atoms with van der Waals surface area (Å²) in [5.74, 6) is 0.740. The fourth-order valence-corrected chi connectivity index (χ4v) is 2.25. The van der Waals surface area contributed by atoms with Crippen molar-refractivity contribution in [2.45, 2.75) is 12.7 Å². The number of aromatic nitrogens is 1. The second-order valence-electron chi connectivity index (χ2n) is 5.04. The SMILES string of the molecule is O[C@@H](c1cccnc1)c1cccc(OCc2ccccc2)c1. The minimum atomic E-state index is -0.700. The van der Waals surface area contributed by atoms with Gasteiger partial charge in [-0.25, -0.2) is 0 Å². The lowest BCUT2D eigenvalue weighted by molar-refractivity contribution is 0.218. The summed E-state index contributed by atoms with van der Waals surface area (Å²) < 4.78 is 5.79. The number of aliphatic hydroxyl groups excluding tert-OH is 1. The van der Waals surface area contributed by atoms with Crippen LogP contribution in [0, 0.1) is 0 Å². The Morgan fingerprint density at radius 3 is 2.50 bits per heavy atom. The highest BCUT2D eigenvalue weighted by atomic mass is 16.5. The molecule has 3 aromatic rings. The molecule has 0 spiro atoms. The molecule has 0 amide bonds. The zero-order valence-electron chi connectivity index (χ0n) is 12.1. The first kappa shape index (κ1) is 14.3. The van der Waals surface area contributed by atoms with Crippen LogP contribution in [0.25, 0.3) is 0 Å². The number of ether oxygens (including phenoxy) is 1. The monoisotopic (exact) mass is 291 g/mol. The van der Waals surface area contributed by atoms with Gasteiger partial charge in [0.1, 0.15) is 18.5 Å². The fourth-order valence-electron chi connectivity index (χ4n) is 2.25. The molecule has 0 fully saturated rings. The molecule has 0 aliphatic rings. The van der Waals surface area contributed by atoms with Crippen molar-refractivity contribution < 1.29 is 9.84 Å². The van der Waals surface area contributed by atoms with Gasteiger partial charge in [-0.1, -0.05) is 48.5 Å². The van der Waals surface area contributed by atoms with Crippen LogP contribution in [-0.2, 0) is 6.61 Å². The molecule has 0 aliphatic carbocycles. The van der Waals surface area contributed by atoms with Crippen molar-refractivity contribution in [2.24, 2.45) is 0 Å². The molecule has 1 heterocycles. The molecule has 0 aliphatic heterocycles. The van der Waals surface area contributed by atoms with Crippen LogP contribution in [-0.4, -0.2) is 10.1 Å². The van der Waals surface area contributed by atoms with Crippen molar-refractivity contribution in [3.8, 4) is 5.75 Å². The topological polar surface area (TPSA) is 42.4 Å². The molecular weight excluding hydrogens is 274 g/mol. The third kappa shape index (κ3) is 3.51. The second-order valence-corrected chi connectivity index (χ2v) is 5.04. The van der Waals surface area contributed by atoms with Gasteiger partial charge in [0, 0.05) is 18.0 Å². The minimum absolute atomic E-state index is 0.507. The van der Waals surface area contributed by atoms with E-state index in [1.54, 1.807) is 12.4 Å². The maximum absolute atomic E-state index is 10.4. The Labute approximate surface area is 129 Å². The van der Waals surface area contributed by atoms with Crippen LogP contribution in [0.15, 0.2) is 79.1 Å². The molecule has 1 N–H and O–H groups in total. The first-order chi connectivity index (χ1) is 10.8. The Bertz CT molecular complexity index is 714. The van der Waals surface area contributed by atoms with Gasteiger partial charge >= 0.3 is 0 Å². The van der Waals surface area contributed by atoms with Gasteiger partial charge in [0.25, 0.3) is 0 Å². The normalized spacial score (nSPS) is 11.9. The molecule has 22 heavy (non-hydrogen) atoms. The van der Waals surface area contributed by atoms with Gasteiger partial charge in [-0.3, -0.25) is 4.98 Å². The van der Waals surface area contributed by atoms with E-state index in [4.69, 9.17) is 4.74 Å². The predicted molar refractivity (Wildman–Crippen MR) is 85.5 cm³/mol. The van der Waals surface area contributed by atoms with Gasteiger partial charge in [0.05, 0.1) is 0 Å². The van der Waals surface area contributed by atoms with Crippen molar-refractivity contribution in [3.63, 3.8) is 0 Å². The van der Waals surface area contributed by atoms with E-state index in [9.17, 15) is 5.11 Å². The Morgan fingerprint density at radius 1 is 0.909 bits per heavy atom. The largest absolute Gasteiger partial charge is 0.489 e. The summed E-state index contributed by atoms with van der Waals surface area (Å²) in [6.45, 7) is 0.507.